The first-order valence-electron chi connectivity index (χ1n) is 7.69. The first kappa shape index (κ1) is 16.0. The topological polar surface area (TPSA) is 61.6 Å². The van der Waals surface area contributed by atoms with Gasteiger partial charge in [-0.2, -0.15) is 0 Å². The Hall–Kier alpha value is -1.36. The van der Waals surface area contributed by atoms with Crippen LogP contribution in [-0.2, 0) is 15.9 Å². The van der Waals surface area contributed by atoms with Gasteiger partial charge in [-0.3, -0.25) is 0 Å². The van der Waals surface area contributed by atoms with E-state index in [0.29, 0.717) is 23.6 Å². The zero-order valence-corrected chi connectivity index (χ0v) is 13.3. The van der Waals surface area contributed by atoms with Gasteiger partial charge in [0.05, 0.1) is 11.8 Å². The smallest absolute Gasteiger partial charge is 0.376 e. The van der Waals surface area contributed by atoms with E-state index in [9.17, 15) is 4.79 Å². The van der Waals surface area contributed by atoms with E-state index in [1.165, 1.54) is 0 Å². The average Bonchev–Trinajstić information content (AvgIpc) is 2.79. The maximum absolute atomic E-state index is 12.2. The van der Waals surface area contributed by atoms with Crippen molar-refractivity contribution < 1.29 is 18.7 Å². The van der Waals surface area contributed by atoms with Crippen molar-refractivity contribution in [1.82, 2.24) is 4.98 Å². The minimum atomic E-state index is -0.393. The fraction of sp³-hybridized carbons (Fsp3) is 0.750. The maximum Gasteiger partial charge on any atom is 0.376 e. The summed E-state index contributed by atoms with van der Waals surface area (Å²) < 4.78 is 16.4. The lowest BCUT2D eigenvalue weighted by atomic mass is 9.95. The van der Waals surface area contributed by atoms with Crippen LogP contribution in [0.5, 0.6) is 0 Å². The number of ether oxygens (including phenoxy) is 2. The molecule has 0 saturated heterocycles. The molecule has 1 saturated carbocycles. The van der Waals surface area contributed by atoms with Crippen LogP contribution in [0.4, 0.5) is 0 Å². The van der Waals surface area contributed by atoms with Crippen LogP contribution in [0.2, 0.25) is 0 Å². The van der Waals surface area contributed by atoms with E-state index in [-0.39, 0.29) is 11.9 Å². The summed E-state index contributed by atoms with van der Waals surface area (Å²) in [5, 5.41) is 0. The summed E-state index contributed by atoms with van der Waals surface area (Å²) in [7, 11) is 1.73. The number of oxazole rings is 1. The Bertz CT molecular complexity index is 473. The van der Waals surface area contributed by atoms with Gasteiger partial charge in [0.15, 0.2) is 5.89 Å². The number of carbonyl (C=O) groups is 1. The van der Waals surface area contributed by atoms with Crippen molar-refractivity contribution in [3.63, 3.8) is 0 Å². The fourth-order valence-electron chi connectivity index (χ4n) is 2.67. The number of hydrogen-bond donors (Lipinski definition) is 0. The van der Waals surface area contributed by atoms with Gasteiger partial charge in [-0.1, -0.05) is 13.8 Å². The molecule has 1 heterocycles. The number of aromatic nitrogens is 1. The van der Waals surface area contributed by atoms with Crippen molar-refractivity contribution in [2.24, 2.45) is 5.92 Å². The summed E-state index contributed by atoms with van der Waals surface area (Å²) >= 11 is 0. The van der Waals surface area contributed by atoms with Crippen molar-refractivity contribution in [3.05, 3.63) is 17.3 Å². The van der Waals surface area contributed by atoms with Crippen LogP contribution in [0, 0.1) is 12.8 Å². The van der Waals surface area contributed by atoms with Crippen LogP contribution in [0.3, 0.4) is 0 Å². The van der Waals surface area contributed by atoms with Crippen LogP contribution < -0.4 is 0 Å². The molecule has 5 heteroatoms. The van der Waals surface area contributed by atoms with Gasteiger partial charge in [-0.25, -0.2) is 9.78 Å². The van der Waals surface area contributed by atoms with Gasteiger partial charge in [-0.05, 0) is 38.5 Å². The quantitative estimate of drug-likeness (QED) is 0.780. The SMILES string of the molecule is COC1CCC(OC(=O)c2oc(CC(C)C)nc2C)CC1. The number of methoxy groups -OCH3 is 1. The minimum absolute atomic E-state index is 0.0399. The third-order valence-electron chi connectivity index (χ3n) is 3.84. The van der Waals surface area contributed by atoms with Crippen molar-refractivity contribution in [2.45, 2.75) is 65.1 Å². The molecule has 0 atom stereocenters. The van der Waals surface area contributed by atoms with Crippen molar-refractivity contribution in [1.29, 1.82) is 0 Å². The Morgan fingerprint density at radius 1 is 1.29 bits per heavy atom. The van der Waals surface area contributed by atoms with Crippen molar-refractivity contribution in [2.75, 3.05) is 7.11 Å². The Labute approximate surface area is 126 Å². The average molecular weight is 295 g/mol. The van der Waals surface area contributed by atoms with Crippen molar-refractivity contribution in [3.8, 4) is 0 Å². The summed E-state index contributed by atoms with van der Waals surface area (Å²) in [5.41, 5.74) is 0.612. The second-order valence-electron chi connectivity index (χ2n) is 6.16. The molecule has 0 unspecified atom stereocenters. The zero-order chi connectivity index (χ0) is 15.4. The Kier molecular flexibility index (Phi) is 5.39. The molecule has 5 nitrogen and oxygen atoms in total. The lowest BCUT2D eigenvalue weighted by Gasteiger charge is -2.27. The van der Waals surface area contributed by atoms with Crippen molar-refractivity contribution >= 4 is 5.97 Å². The minimum Gasteiger partial charge on any atom is -0.456 e. The largest absolute Gasteiger partial charge is 0.456 e. The molecule has 2 rings (SSSR count). The van der Waals surface area contributed by atoms with Gasteiger partial charge in [0, 0.05) is 13.5 Å². The summed E-state index contributed by atoms with van der Waals surface area (Å²) in [6.07, 6.45) is 4.54. The molecule has 0 radical (unpaired) electrons. The van der Waals surface area contributed by atoms with Crippen LogP contribution in [0.1, 0.15) is 61.7 Å². The fourth-order valence-corrected chi connectivity index (χ4v) is 2.67. The number of hydrogen-bond acceptors (Lipinski definition) is 5. The zero-order valence-electron chi connectivity index (χ0n) is 13.3. The van der Waals surface area contributed by atoms with Gasteiger partial charge in [0.25, 0.3) is 0 Å². The molecule has 1 fully saturated rings. The van der Waals surface area contributed by atoms with E-state index in [4.69, 9.17) is 13.9 Å². The highest BCUT2D eigenvalue weighted by molar-refractivity contribution is 5.87. The molecule has 0 N–H and O–H groups in total. The summed E-state index contributed by atoms with van der Waals surface area (Å²) in [5.74, 6) is 0.907. The monoisotopic (exact) mass is 295 g/mol. The predicted molar refractivity (Wildman–Crippen MR) is 78.3 cm³/mol. The Morgan fingerprint density at radius 3 is 2.48 bits per heavy atom. The highest BCUT2D eigenvalue weighted by Gasteiger charge is 2.27. The third-order valence-corrected chi connectivity index (χ3v) is 3.84. The van der Waals surface area contributed by atoms with Crippen LogP contribution in [0.15, 0.2) is 4.42 Å². The normalized spacial score (nSPS) is 22.5. The molecule has 0 aromatic carbocycles. The van der Waals surface area contributed by atoms with Crippen LogP contribution in [-0.4, -0.2) is 30.3 Å². The predicted octanol–water partition coefficient (Wildman–Crippen LogP) is 3.30. The highest BCUT2D eigenvalue weighted by Crippen LogP contribution is 2.24. The van der Waals surface area contributed by atoms with Gasteiger partial charge >= 0.3 is 5.97 Å². The van der Waals surface area contributed by atoms with E-state index < -0.39 is 5.97 Å². The van der Waals surface area contributed by atoms with Gasteiger partial charge in [0.2, 0.25) is 5.76 Å². The van der Waals surface area contributed by atoms with E-state index in [2.05, 4.69) is 18.8 Å². The van der Waals surface area contributed by atoms with Crippen LogP contribution >= 0.6 is 0 Å². The van der Waals surface area contributed by atoms with E-state index >= 15 is 0 Å². The summed E-state index contributed by atoms with van der Waals surface area (Å²) in [4.78, 5) is 16.5. The molecular formula is C16H25NO4. The van der Waals surface area contributed by atoms with Gasteiger partial charge < -0.3 is 13.9 Å². The highest BCUT2D eigenvalue weighted by atomic mass is 16.6. The second-order valence-corrected chi connectivity index (χ2v) is 6.16. The third kappa shape index (κ3) is 4.30. The molecular weight excluding hydrogens is 270 g/mol. The lowest BCUT2D eigenvalue weighted by Crippen LogP contribution is -2.27. The standard InChI is InChI=1S/C16H25NO4/c1-10(2)9-14-17-11(3)15(21-14)16(18)20-13-7-5-12(19-4)6-8-13/h10,12-13H,5-9H2,1-4H3. The summed E-state index contributed by atoms with van der Waals surface area (Å²) in [6, 6.07) is 0. The van der Waals surface area contributed by atoms with E-state index in [0.717, 1.165) is 32.1 Å². The first-order valence-corrected chi connectivity index (χ1v) is 7.69. The van der Waals surface area contributed by atoms with E-state index in [1.54, 1.807) is 14.0 Å². The molecule has 21 heavy (non-hydrogen) atoms. The van der Waals surface area contributed by atoms with Crippen LogP contribution in [0.25, 0.3) is 0 Å². The number of nitrogens with zero attached hydrogens (tertiary/aromatic N) is 1. The summed E-state index contributed by atoms with van der Waals surface area (Å²) in [6.45, 7) is 5.96. The van der Waals surface area contributed by atoms with Gasteiger partial charge in [-0.15, -0.1) is 0 Å². The second kappa shape index (κ2) is 7.07. The molecule has 1 aromatic rings. The molecule has 1 aliphatic rings. The van der Waals surface area contributed by atoms with E-state index in [1.807, 2.05) is 0 Å². The molecule has 1 aromatic heterocycles. The number of esters is 1. The molecule has 118 valence electrons. The first-order chi connectivity index (χ1) is 9.99. The molecule has 0 aliphatic heterocycles. The number of aryl methyl sites for hydroxylation is 1. The lowest BCUT2D eigenvalue weighted by molar-refractivity contribution is -0.00770. The molecule has 0 bridgehead atoms. The molecule has 0 amide bonds. The number of rotatable bonds is 5. The Morgan fingerprint density at radius 2 is 1.90 bits per heavy atom. The number of carbonyl (C=O) groups excluding carboxylic acids is 1. The molecule has 0 spiro atoms. The Balaban J connectivity index is 1.93. The maximum atomic E-state index is 12.2. The molecule has 1 aliphatic carbocycles. The van der Waals surface area contributed by atoms with Gasteiger partial charge in [0.1, 0.15) is 6.10 Å².